The van der Waals surface area contributed by atoms with Gasteiger partial charge in [0.15, 0.2) is 5.82 Å². The first-order valence-electron chi connectivity index (χ1n) is 5.42. The molecule has 0 saturated heterocycles. The van der Waals surface area contributed by atoms with Gasteiger partial charge in [-0.1, -0.05) is 0 Å². The van der Waals surface area contributed by atoms with Gasteiger partial charge in [-0.15, -0.1) is 10.2 Å². The van der Waals surface area contributed by atoms with Crippen molar-refractivity contribution in [3.8, 4) is 11.4 Å². The van der Waals surface area contributed by atoms with Crippen LogP contribution in [-0.4, -0.2) is 24.5 Å². The standard InChI is InChI=1S/C11H17N5/c1-7(2)16-6-12-13-11(16)10-8(3)14-15(5)9(10)4/h6-7H,1-5H3. The monoisotopic (exact) mass is 219 g/mol. The Hall–Kier alpha value is -1.65. The van der Waals surface area contributed by atoms with Crippen molar-refractivity contribution in [1.29, 1.82) is 0 Å². The van der Waals surface area contributed by atoms with Crippen LogP contribution in [0, 0.1) is 13.8 Å². The number of aryl methyl sites for hydroxylation is 2. The van der Waals surface area contributed by atoms with Gasteiger partial charge in [0.2, 0.25) is 0 Å². The molecule has 0 aromatic carbocycles. The summed E-state index contributed by atoms with van der Waals surface area (Å²) in [5.74, 6) is 0.901. The third kappa shape index (κ3) is 1.52. The lowest BCUT2D eigenvalue weighted by atomic mass is 10.2. The Kier molecular flexibility index (Phi) is 2.53. The van der Waals surface area contributed by atoms with Crippen LogP contribution in [0.5, 0.6) is 0 Å². The first-order chi connectivity index (χ1) is 7.52. The van der Waals surface area contributed by atoms with E-state index in [1.54, 1.807) is 6.33 Å². The molecule has 0 spiro atoms. The predicted molar refractivity (Wildman–Crippen MR) is 62.1 cm³/mol. The molecule has 0 aliphatic carbocycles. The Morgan fingerprint density at radius 1 is 1.25 bits per heavy atom. The van der Waals surface area contributed by atoms with Crippen LogP contribution in [-0.2, 0) is 7.05 Å². The summed E-state index contributed by atoms with van der Waals surface area (Å²) in [4.78, 5) is 0. The highest BCUT2D eigenvalue weighted by molar-refractivity contribution is 5.61. The summed E-state index contributed by atoms with van der Waals surface area (Å²) in [6.07, 6.45) is 1.77. The van der Waals surface area contributed by atoms with E-state index < -0.39 is 0 Å². The van der Waals surface area contributed by atoms with E-state index in [4.69, 9.17) is 0 Å². The normalized spacial score (nSPS) is 11.4. The molecular weight excluding hydrogens is 202 g/mol. The maximum Gasteiger partial charge on any atom is 0.167 e. The summed E-state index contributed by atoms with van der Waals surface area (Å²) in [6.45, 7) is 8.29. The second kappa shape index (κ2) is 3.73. The van der Waals surface area contributed by atoms with Gasteiger partial charge >= 0.3 is 0 Å². The lowest BCUT2D eigenvalue weighted by Crippen LogP contribution is -2.03. The Balaban J connectivity index is 2.63. The zero-order valence-electron chi connectivity index (χ0n) is 10.4. The minimum atomic E-state index is 0.351. The molecule has 2 rings (SSSR count). The molecule has 2 aromatic heterocycles. The average molecular weight is 219 g/mol. The van der Waals surface area contributed by atoms with E-state index in [1.807, 2.05) is 18.7 Å². The van der Waals surface area contributed by atoms with E-state index in [-0.39, 0.29) is 0 Å². The third-order valence-corrected chi connectivity index (χ3v) is 2.86. The summed E-state index contributed by atoms with van der Waals surface area (Å²) in [6, 6.07) is 0.351. The van der Waals surface area contributed by atoms with Crippen molar-refractivity contribution in [2.75, 3.05) is 0 Å². The molecule has 2 aromatic rings. The van der Waals surface area contributed by atoms with Gasteiger partial charge in [-0.25, -0.2) is 0 Å². The zero-order chi connectivity index (χ0) is 11.9. The molecule has 0 N–H and O–H groups in total. The smallest absolute Gasteiger partial charge is 0.167 e. The fraction of sp³-hybridized carbons (Fsp3) is 0.545. The molecule has 0 unspecified atom stereocenters. The highest BCUT2D eigenvalue weighted by Gasteiger charge is 2.18. The molecule has 0 aliphatic heterocycles. The number of rotatable bonds is 2. The van der Waals surface area contributed by atoms with E-state index in [0.717, 1.165) is 22.8 Å². The molecule has 5 heteroatoms. The van der Waals surface area contributed by atoms with Crippen molar-refractivity contribution in [3.05, 3.63) is 17.7 Å². The molecule has 0 saturated carbocycles. The Bertz CT molecular complexity index is 506. The van der Waals surface area contributed by atoms with Gasteiger partial charge in [0.25, 0.3) is 0 Å². The first-order valence-corrected chi connectivity index (χ1v) is 5.42. The molecule has 0 bridgehead atoms. The molecule has 0 aliphatic rings. The fourth-order valence-electron chi connectivity index (χ4n) is 1.90. The quantitative estimate of drug-likeness (QED) is 0.774. The van der Waals surface area contributed by atoms with Crippen molar-refractivity contribution in [3.63, 3.8) is 0 Å². The maximum atomic E-state index is 4.40. The highest BCUT2D eigenvalue weighted by atomic mass is 15.3. The average Bonchev–Trinajstić information content (AvgIpc) is 2.73. The highest BCUT2D eigenvalue weighted by Crippen LogP contribution is 2.26. The van der Waals surface area contributed by atoms with Crippen LogP contribution in [0.15, 0.2) is 6.33 Å². The van der Waals surface area contributed by atoms with Crippen LogP contribution < -0.4 is 0 Å². The van der Waals surface area contributed by atoms with Gasteiger partial charge in [-0.3, -0.25) is 4.68 Å². The Labute approximate surface area is 95.1 Å². The van der Waals surface area contributed by atoms with E-state index in [0.29, 0.717) is 6.04 Å². The summed E-state index contributed by atoms with van der Waals surface area (Å²) in [5.41, 5.74) is 3.20. The van der Waals surface area contributed by atoms with E-state index in [9.17, 15) is 0 Å². The molecule has 16 heavy (non-hydrogen) atoms. The summed E-state index contributed by atoms with van der Waals surface area (Å²) in [5, 5.41) is 12.6. The van der Waals surface area contributed by atoms with E-state index >= 15 is 0 Å². The second-order valence-electron chi connectivity index (χ2n) is 4.32. The summed E-state index contributed by atoms with van der Waals surface area (Å²) < 4.78 is 3.95. The summed E-state index contributed by atoms with van der Waals surface area (Å²) in [7, 11) is 1.95. The Morgan fingerprint density at radius 3 is 2.44 bits per heavy atom. The van der Waals surface area contributed by atoms with Gasteiger partial charge < -0.3 is 4.57 Å². The fourth-order valence-corrected chi connectivity index (χ4v) is 1.90. The molecular formula is C11H17N5. The second-order valence-corrected chi connectivity index (χ2v) is 4.32. The maximum absolute atomic E-state index is 4.40. The van der Waals surface area contributed by atoms with Crippen molar-refractivity contribution in [2.45, 2.75) is 33.7 Å². The van der Waals surface area contributed by atoms with Gasteiger partial charge in [0.1, 0.15) is 6.33 Å². The predicted octanol–water partition coefficient (Wildman–Crippen LogP) is 1.88. The zero-order valence-corrected chi connectivity index (χ0v) is 10.4. The lowest BCUT2D eigenvalue weighted by Gasteiger charge is -2.09. The van der Waals surface area contributed by atoms with Crippen LogP contribution >= 0.6 is 0 Å². The van der Waals surface area contributed by atoms with Crippen LogP contribution in [0.4, 0.5) is 0 Å². The van der Waals surface area contributed by atoms with Crippen LogP contribution in [0.2, 0.25) is 0 Å². The van der Waals surface area contributed by atoms with Gasteiger partial charge in [-0.05, 0) is 27.7 Å². The van der Waals surface area contributed by atoms with Gasteiger partial charge in [0, 0.05) is 18.8 Å². The van der Waals surface area contributed by atoms with E-state index in [2.05, 4.69) is 40.6 Å². The number of aromatic nitrogens is 5. The number of hydrogen-bond donors (Lipinski definition) is 0. The molecule has 0 radical (unpaired) electrons. The number of nitrogens with zero attached hydrogens (tertiary/aromatic N) is 5. The van der Waals surface area contributed by atoms with Gasteiger partial charge in [0.05, 0.1) is 11.3 Å². The largest absolute Gasteiger partial charge is 0.311 e. The molecule has 5 nitrogen and oxygen atoms in total. The van der Waals surface area contributed by atoms with Crippen LogP contribution in [0.25, 0.3) is 11.4 Å². The first kappa shape index (κ1) is 10.9. The third-order valence-electron chi connectivity index (χ3n) is 2.86. The van der Waals surface area contributed by atoms with Crippen LogP contribution in [0.3, 0.4) is 0 Å². The van der Waals surface area contributed by atoms with E-state index in [1.165, 1.54) is 0 Å². The summed E-state index contributed by atoms with van der Waals surface area (Å²) >= 11 is 0. The minimum absolute atomic E-state index is 0.351. The lowest BCUT2D eigenvalue weighted by molar-refractivity contribution is 0.603. The SMILES string of the molecule is Cc1nn(C)c(C)c1-c1nncn1C(C)C. The van der Waals surface area contributed by atoms with Crippen molar-refractivity contribution >= 4 is 0 Å². The van der Waals surface area contributed by atoms with Gasteiger partial charge in [-0.2, -0.15) is 5.10 Å². The minimum Gasteiger partial charge on any atom is -0.311 e. The van der Waals surface area contributed by atoms with Crippen molar-refractivity contribution in [2.24, 2.45) is 7.05 Å². The Morgan fingerprint density at radius 2 is 1.94 bits per heavy atom. The topological polar surface area (TPSA) is 48.5 Å². The van der Waals surface area contributed by atoms with Crippen molar-refractivity contribution < 1.29 is 0 Å². The number of hydrogen-bond acceptors (Lipinski definition) is 3. The molecule has 0 atom stereocenters. The van der Waals surface area contributed by atoms with Crippen molar-refractivity contribution in [1.82, 2.24) is 24.5 Å². The molecule has 0 fully saturated rings. The molecule has 2 heterocycles. The van der Waals surface area contributed by atoms with Crippen LogP contribution in [0.1, 0.15) is 31.3 Å². The molecule has 86 valence electrons. The molecule has 0 amide bonds.